The number of imide groups is 1. The van der Waals surface area contributed by atoms with Crippen molar-refractivity contribution in [3.8, 4) is 16.9 Å². The van der Waals surface area contributed by atoms with Gasteiger partial charge in [0.05, 0.1) is 18.3 Å². The molecule has 2 aromatic rings. The zero-order valence-corrected chi connectivity index (χ0v) is 15.7. The van der Waals surface area contributed by atoms with Gasteiger partial charge in [0.25, 0.3) is 0 Å². The first kappa shape index (κ1) is 18.4. The Morgan fingerprint density at radius 2 is 1.43 bits per heavy atom. The molecule has 1 heterocycles. The standard InChI is InChI=1S/C23H23NO4/c25-21(14-15-24-22(26)19-8-4-5-9-20(19)23(24)27)28-18-12-10-17(11-13-18)16-6-2-1-3-7-16/h1-3,6-7,10-13,19-20H,4-5,8-9,14-15H2/t19-,20-/m0/s1. The van der Waals surface area contributed by atoms with E-state index in [1.54, 1.807) is 12.1 Å². The molecule has 2 aromatic carbocycles. The van der Waals surface area contributed by atoms with Crippen LogP contribution in [0.15, 0.2) is 54.6 Å². The van der Waals surface area contributed by atoms with Crippen LogP contribution in [0.25, 0.3) is 11.1 Å². The smallest absolute Gasteiger partial charge is 0.312 e. The molecule has 0 radical (unpaired) electrons. The van der Waals surface area contributed by atoms with Gasteiger partial charge in [0.2, 0.25) is 11.8 Å². The predicted octanol–water partition coefficient (Wildman–Crippen LogP) is 3.82. The largest absolute Gasteiger partial charge is 0.426 e. The fraction of sp³-hybridized carbons (Fsp3) is 0.348. The number of carbonyl (C=O) groups excluding carboxylic acids is 3. The minimum absolute atomic E-state index is 0.0113. The van der Waals surface area contributed by atoms with Crippen LogP contribution in [0.3, 0.4) is 0 Å². The van der Waals surface area contributed by atoms with Gasteiger partial charge in [-0.2, -0.15) is 0 Å². The van der Waals surface area contributed by atoms with Gasteiger partial charge in [-0.25, -0.2) is 0 Å². The SMILES string of the molecule is O=C(CCN1C(=O)[C@H]2CCCC[C@@H]2C1=O)Oc1ccc(-c2ccccc2)cc1. The van der Waals surface area contributed by atoms with E-state index in [0.29, 0.717) is 5.75 Å². The van der Waals surface area contributed by atoms with Crippen molar-refractivity contribution in [3.63, 3.8) is 0 Å². The summed E-state index contributed by atoms with van der Waals surface area (Å²) >= 11 is 0. The lowest BCUT2D eigenvalue weighted by Gasteiger charge is -2.19. The van der Waals surface area contributed by atoms with Crippen LogP contribution in [-0.2, 0) is 14.4 Å². The average Bonchev–Trinajstić information content (AvgIpc) is 2.98. The third-order valence-electron chi connectivity index (χ3n) is 5.67. The maximum atomic E-state index is 12.4. The number of likely N-dealkylation sites (tertiary alicyclic amines) is 1. The lowest BCUT2D eigenvalue weighted by atomic mass is 9.81. The van der Waals surface area contributed by atoms with Crippen LogP contribution in [0.4, 0.5) is 0 Å². The zero-order chi connectivity index (χ0) is 19.5. The minimum Gasteiger partial charge on any atom is -0.426 e. The van der Waals surface area contributed by atoms with E-state index >= 15 is 0 Å². The van der Waals surface area contributed by atoms with Crippen LogP contribution in [0, 0.1) is 11.8 Å². The molecule has 0 bridgehead atoms. The van der Waals surface area contributed by atoms with E-state index in [9.17, 15) is 14.4 Å². The predicted molar refractivity (Wildman–Crippen MR) is 104 cm³/mol. The van der Waals surface area contributed by atoms with E-state index in [2.05, 4.69) is 0 Å². The molecule has 144 valence electrons. The number of rotatable bonds is 5. The van der Waals surface area contributed by atoms with E-state index in [-0.39, 0.29) is 36.6 Å². The Balaban J connectivity index is 1.32. The number of hydrogen-bond donors (Lipinski definition) is 0. The Bertz CT molecular complexity index is 851. The van der Waals surface area contributed by atoms with Gasteiger partial charge in [-0.05, 0) is 36.1 Å². The highest BCUT2D eigenvalue weighted by Gasteiger charge is 2.47. The van der Waals surface area contributed by atoms with E-state index in [1.165, 1.54) is 4.90 Å². The average molecular weight is 377 g/mol. The van der Waals surface area contributed by atoms with Gasteiger partial charge < -0.3 is 4.74 Å². The van der Waals surface area contributed by atoms with E-state index < -0.39 is 5.97 Å². The van der Waals surface area contributed by atoms with Crippen molar-refractivity contribution in [2.75, 3.05) is 6.54 Å². The molecule has 1 saturated heterocycles. The first-order chi connectivity index (χ1) is 13.6. The fourth-order valence-corrected chi connectivity index (χ4v) is 4.18. The molecule has 1 aliphatic heterocycles. The Labute approximate surface area is 164 Å². The van der Waals surface area contributed by atoms with Crippen molar-refractivity contribution in [1.82, 2.24) is 4.90 Å². The van der Waals surface area contributed by atoms with Crippen molar-refractivity contribution in [3.05, 3.63) is 54.6 Å². The Morgan fingerprint density at radius 3 is 2.04 bits per heavy atom. The van der Waals surface area contributed by atoms with Crippen LogP contribution in [0.1, 0.15) is 32.1 Å². The van der Waals surface area contributed by atoms with Crippen LogP contribution < -0.4 is 4.74 Å². The molecule has 0 spiro atoms. The second kappa shape index (κ2) is 7.97. The van der Waals surface area contributed by atoms with Gasteiger partial charge in [0, 0.05) is 6.54 Å². The lowest BCUT2D eigenvalue weighted by Crippen LogP contribution is -2.33. The summed E-state index contributed by atoms with van der Waals surface area (Å²) in [6.07, 6.45) is 3.56. The molecular weight excluding hydrogens is 354 g/mol. The maximum absolute atomic E-state index is 12.4. The molecule has 1 saturated carbocycles. The molecule has 2 atom stereocenters. The number of ether oxygens (including phenoxy) is 1. The topological polar surface area (TPSA) is 63.7 Å². The molecule has 4 rings (SSSR count). The summed E-state index contributed by atoms with van der Waals surface area (Å²) in [5.74, 6) is -0.574. The first-order valence-electron chi connectivity index (χ1n) is 9.85. The molecule has 5 heteroatoms. The van der Waals surface area contributed by atoms with Gasteiger partial charge in [0.1, 0.15) is 5.75 Å². The lowest BCUT2D eigenvalue weighted by molar-refractivity contribution is -0.141. The molecule has 0 aromatic heterocycles. The minimum atomic E-state index is -0.442. The number of hydrogen-bond acceptors (Lipinski definition) is 4. The number of nitrogens with zero attached hydrogens (tertiary/aromatic N) is 1. The van der Waals surface area contributed by atoms with Crippen molar-refractivity contribution >= 4 is 17.8 Å². The Hall–Kier alpha value is -2.95. The monoisotopic (exact) mass is 377 g/mol. The Morgan fingerprint density at radius 1 is 0.857 bits per heavy atom. The number of benzene rings is 2. The van der Waals surface area contributed by atoms with Gasteiger partial charge >= 0.3 is 5.97 Å². The first-order valence-corrected chi connectivity index (χ1v) is 9.85. The van der Waals surface area contributed by atoms with Gasteiger partial charge in [-0.15, -0.1) is 0 Å². The number of esters is 1. The van der Waals surface area contributed by atoms with Crippen LogP contribution >= 0.6 is 0 Å². The quantitative estimate of drug-likeness (QED) is 0.451. The molecule has 1 aliphatic carbocycles. The molecule has 5 nitrogen and oxygen atoms in total. The van der Waals surface area contributed by atoms with Crippen molar-refractivity contribution < 1.29 is 19.1 Å². The second-order valence-electron chi connectivity index (χ2n) is 7.44. The number of carbonyl (C=O) groups is 3. The van der Waals surface area contributed by atoms with Crippen molar-refractivity contribution in [1.29, 1.82) is 0 Å². The second-order valence-corrected chi connectivity index (χ2v) is 7.44. The molecule has 2 aliphatic rings. The highest BCUT2D eigenvalue weighted by atomic mass is 16.5. The zero-order valence-electron chi connectivity index (χ0n) is 15.7. The summed E-state index contributed by atoms with van der Waals surface area (Å²) < 4.78 is 5.37. The Kier molecular flexibility index (Phi) is 5.24. The summed E-state index contributed by atoms with van der Waals surface area (Å²) in [4.78, 5) is 38.3. The van der Waals surface area contributed by atoms with Crippen molar-refractivity contribution in [2.45, 2.75) is 32.1 Å². The fourth-order valence-electron chi connectivity index (χ4n) is 4.18. The van der Waals surface area contributed by atoms with Crippen LogP contribution in [-0.4, -0.2) is 29.2 Å². The molecule has 0 N–H and O–H groups in total. The summed E-state index contributed by atoms with van der Waals surface area (Å²) in [6.45, 7) is 0.103. The third kappa shape index (κ3) is 3.70. The van der Waals surface area contributed by atoms with Crippen molar-refractivity contribution in [2.24, 2.45) is 11.8 Å². The number of amides is 2. The van der Waals surface area contributed by atoms with Gasteiger partial charge in [0.15, 0.2) is 0 Å². The van der Waals surface area contributed by atoms with E-state index in [4.69, 9.17) is 4.74 Å². The molecule has 2 fully saturated rings. The normalized spacial score (nSPS) is 21.5. The molecule has 2 amide bonds. The maximum Gasteiger partial charge on any atom is 0.312 e. The number of fused-ring (bicyclic) bond motifs is 1. The molecular formula is C23H23NO4. The van der Waals surface area contributed by atoms with Crippen LogP contribution in [0.2, 0.25) is 0 Å². The summed E-state index contributed by atoms with van der Waals surface area (Å²) in [5, 5.41) is 0. The summed E-state index contributed by atoms with van der Waals surface area (Å²) in [7, 11) is 0. The third-order valence-corrected chi connectivity index (χ3v) is 5.67. The molecule has 28 heavy (non-hydrogen) atoms. The van der Waals surface area contributed by atoms with E-state index in [1.807, 2.05) is 42.5 Å². The molecule has 0 unspecified atom stereocenters. The highest BCUT2D eigenvalue weighted by Crippen LogP contribution is 2.38. The van der Waals surface area contributed by atoms with Gasteiger partial charge in [-0.3, -0.25) is 19.3 Å². The summed E-state index contributed by atoms with van der Waals surface area (Å²) in [5.41, 5.74) is 2.13. The van der Waals surface area contributed by atoms with Gasteiger partial charge in [-0.1, -0.05) is 55.3 Å². The highest BCUT2D eigenvalue weighted by molar-refractivity contribution is 6.05. The van der Waals surface area contributed by atoms with E-state index in [0.717, 1.165) is 36.8 Å². The van der Waals surface area contributed by atoms with Crippen LogP contribution in [0.5, 0.6) is 5.75 Å². The summed E-state index contributed by atoms with van der Waals surface area (Å²) in [6, 6.07) is 17.2.